The van der Waals surface area contributed by atoms with Gasteiger partial charge in [0.1, 0.15) is 17.5 Å². The summed E-state index contributed by atoms with van der Waals surface area (Å²) in [6.45, 7) is 2.42. The van der Waals surface area contributed by atoms with E-state index in [1.165, 1.54) is 12.1 Å². The molecule has 3 aromatic rings. The van der Waals surface area contributed by atoms with E-state index < -0.39 is 29.7 Å². The van der Waals surface area contributed by atoms with Crippen LogP contribution in [0.4, 0.5) is 27.8 Å². The van der Waals surface area contributed by atoms with Crippen molar-refractivity contribution in [1.29, 1.82) is 0 Å². The molecule has 0 bridgehead atoms. The molecule has 1 atom stereocenters. The second-order valence-corrected chi connectivity index (χ2v) is 7.64. The van der Waals surface area contributed by atoms with E-state index in [-0.39, 0.29) is 23.0 Å². The molecule has 2 aromatic heterocycles. The van der Waals surface area contributed by atoms with E-state index in [1.54, 1.807) is 17.9 Å². The fraction of sp³-hybridized carbons (Fsp3) is 0.400. The van der Waals surface area contributed by atoms with Crippen molar-refractivity contribution in [3.63, 3.8) is 0 Å². The van der Waals surface area contributed by atoms with Crippen molar-refractivity contribution in [3.8, 4) is 0 Å². The van der Waals surface area contributed by atoms with Gasteiger partial charge in [-0.15, -0.1) is 15.3 Å². The van der Waals surface area contributed by atoms with Crippen molar-refractivity contribution in [1.82, 2.24) is 25.1 Å². The molecule has 1 saturated heterocycles. The Morgan fingerprint density at radius 3 is 2.50 bits per heavy atom. The molecule has 3 heterocycles. The van der Waals surface area contributed by atoms with Gasteiger partial charge in [0.15, 0.2) is 5.65 Å². The number of carbonyl (C=O) groups excluding carboxylic acids is 1. The number of fused-ring (bicyclic) bond motifs is 1. The van der Waals surface area contributed by atoms with E-state index in [1.807, 2.05) is 0 Å². The minimum absolute atomic E-state index is 0.0163. The first kappa shape index (κ1) is 21.9. The summed E-state index contributed by atoms with van der Waals surface area (Å²) in [6.07, 6.45) is -3.80. The number of halogens is 5. The molecular formula is C20H19F5N6O. The van der Waals surface area contributed by atoms with Crippen molar-refractivity contribution in [3.05, 3.63) is 53.4 Å². The van der Waals surface area contributed by atoms with Gasteiger partial charge in [-0.1, -0.05) is 6.07 Å². The van der Waals surface area contributed by atoms with Crippen LogP contribution in [0.1, 0.15) is 37.2 Å². The Morgan fingerprint density at radius 1 is 1.12 bits per heavy atom. The molecule has 1 aromatic carbocycles. The summed E-state index contributed by atoms with van der Waals surface area (Å²) in [7, 11) is 0. The Labute approximate surface area is 179 Å². The topological polar surface area (TPSA) is 75.4 Å². The largest absolute Gasteiger partial charge is 0.453 e. The van der Waals surface area contributed by atoms with E-state index in [0.717, 1.165) is 12.1 Å². The molecule has 1 N–H and O–H groups in total. The van der Waals surface area contributed by atoms with Gasteiger partial charge in [0, 0.05) is 30.6 Å². The van der Waals surface area contributed by atoms with E-state index >= 15 is 0 Å². The maximum Gasteiger partial charge on any atom is 0.453 e. The molecule has 0 spiro atoms. The van der Waals surface area contributed by atoms with Crippen LogP contribution in [0.25, 0.3) is 5.65 Å². The number of aromatic nitrogens is 4. The minimum Gasteiger partial charge on any atom is -0.355 e. The highest BCUT2D eigenvalue weighted by atomic mass is 19.4. The van der Waals surface area contributed by atoms with Crippen LogP contribution < -0.4 is 10.2 Å². The van der Waals surface area contributed by atoms with Crippen LogP contribution in [0.15, 0.2) is 30.3 Å². The zero-order valence-corrected chi connectivity index (χ0v) is 16.9. The van der Waals surface area contributed by atoms with Gasteiger partial charge in [0.05, 0.1) is 6.04 Å². The third-order valence-corrected chi connectivity index (χ3v) is 5.48. The Bertz CT molecular complexity index is 1140. The van der Waals surface area contributed by atoms with Crippen LogP contribution in [0, 0.1) is 17.6 Å². The van der Waals surface area contributed by atoms with Crippen LogP contribution in [0.5, 0.6) is 0 Å². The van der Waals surface area contributed by atoms with Gasteiger partial charge >= 0.3 is 6.18 Å². The summed E-state index contributed by atoms with van der Waals surface area (Å²) in [6, 6.07) is 5.51. The lowest BCUT2D eigenvalue weighted by molar-refractivity contribution is -0.146. The lowest BCUT2D eigenvalue weighted by atomic mass is 9.95. The number of hydrogen-bond acceptors (Lipinski definition) is 5. The predicted octanol–water partition coefficient (Wildman–Crippen LogP) is 3.52. The summed E-state index contributed by atoms with van der Waals surface area (Å²) in [5, 5.41) is 13.4. The van der Waals surface area contributed by atoms with Crippen molar-refractivity contribution in [2.75, 3.05) is 18.0 Å². The van der Waals surface area contributed by atoms with Crippen molar-refractivity contribution in [2.24, 2.45) is 5.92 Å². The number of amides is 1. The molecule has 7 nitrogen and oxygen atoms in total. The van der Waals surface area contributed by atoms with Gasteiger partial charge in [0.2, 0.25) is 5.91 Å². The SMILES string of the molecule is C[C@H](NC(=O)C1CCN(c2ccc3nnc(C(F)(F)F)n3n2)CC1)c1ccc(F)cc1F. The van der Waals surface area contributed by atoms with Gasteiger partial charge in [-0.2, -0.15) is 17.7 Å². The fourth-order valence-corrected chi connectivity index (χ4v) is 3.76. The highest BCUT2D eigenvalue weighted by molar-refractivity contribution is 5.79. The lowest BCUT2D eigenvalue weighted by Gasteiger charge is -2.32. The normalized spacial score (nSPS) is 16.4. The average molecular weight is 454 g/mol. The first-order valence-corrected chi connectivity index (χ1v) is 9.93. The lowest BCUT2D eigenvalue weighted by Crippen LogP contribution is -2.41. The number of nitrogens with one attached hydrogen (secondary N) is 1. The van der Waals surface area contributed by atoms with E-state index in [0.29, 0.717) is 36.3 Å². The molecule has 0 radical (unpaired) electrons. The fourth-order valence-electron chi connectivity index (χ4n) is 3.76. The molecule has 0 saturated carbocycles. The number of anilines is 1. The van der Waals surface area contributed by atoms with Crippen LogP contribution in [-0.4, -0.2) is 38.8 Å². The van der Waals surface area contributed by atoms with Gasteiger partial charge in [-0.3, -0.25) is 4.79 Å². The highest BCUT2D eigenvalue weighted by Gasteiger charge is 2.38. The molecular weight excluding hydrogens is 435 g/mol. The Balaban J connectivity index is 1.40. The third-order valence-electron chi connectivity index (χ3n) is 5.48. The van der Waals surface area contributed by atoms with Crippen LogP contribution in [0.2, 0.25) is 0 Å². The Morgan fingerprint density at radius 2 is 1.84 bits per heavy atom. The minimum atomic E-state index is -4.68. The molecule has 1 aliphatic heterocycles. The molecule has 1 fully saturated rings. The average Bonchev–Trinajstić information content (AvgIpc) is 3.17. The zero-order valence-electron chi connectivity index (χ0n) is 16.9. The van der Waals surface area contributed by atoms with E-state index in [9.17, 15) is 26.7 Å². The number of nitrogens with zero attached hydrogens (tertiary/aromatic N) is 5. The molecule has 4 rings (SSSR count). The van der Waals surface area contributed by atoms with Crippen molar-refractivity contribution in [2.45, 2.75) is 32.0 Å². The third kappa shape index (κ3) is 4.34. The van der Waals surface area contributed by atoms with Crippen molar-refractivity contribution < 1.29 is 26.7 Å². The molecule has 0 aliphatic carbocycles. The van der Waals surface area contributed by atoms with Gasteiger partial charge in [-0.05, 0) is 38.0 Å². The Kier molecular flexibility index (Phi) is 5.70. The number of carbonyl (C=O) groups is 1. The summed E-state index contributed by atoms with van der Waals surface area (Å²) in [5.74, 6) is -2.92. The van der Waals surface area contributed by atoms with Crippen LogP contribution >= 0.6 is 0 Å². The van der Waals surface area contributed by atoms with Crippen LogP contribution in [0.3, 0.4) is 0 Å². The van der Waals surface area contributed by atoms with Crippen molar-refractivity contribution >= 4 is 17.4 Å². The zero-order chi connectivity index (χ0) is 23.0. The first-order valence-electron chi connectivity index (χ1n) is 9.93. The number of benzene rings is 1. The number of rotatable bonds is 4. The maximum absolute atomic E-state index is 13.9. The monoisotopic (exact) mass is 454 g/mol. The van der Waals surface area contributed by atoms with Gasteiger partial charge in [0.25, 0.3) is 5.82 Å². The maximum atomic E-state index is 13.9. The van der Waals surface area contributed by atoms with Gasteiger partial charge < -0.3 is 10.2 Å². The van der Waals surface area contributed by atoms with Crippen LogP contribution in [-0.2, 0) is 11.0 Å². The molecule has 12 heteroatoms. The summed E-state index contributed by atoms with van der Waals surface area (Å²) < 4.78 is 66.9. The Hall–Kier alpha value is -3.31. The summed E-state index contributed by atoms with van der Waals surface area (Å²) in [5.41, 5.74) is 0.168. The summed E-state index contributed by atoms with van der Waals surface area (Å²) in [4.78, 5) is 14.4. The molecule has 1 amide bonds. The number of hydrogen-bond donors (Lipinski definition) is 1. The molecule has 32 heavy (non-hydrogen) atoms. The quantitative estimate of drug-likeness (QED) is 0.611. The van der Waals surface area contributed by atoms with E-state index in [2.05, 4.69) is 20.6 Å². The highest BCUT2D eigenvalue weighted by Crippen LogP contribution is 2.29. The number of piperidine rings is 1. The molecule has 1 aliphatic rings. The molecule has 0 unspecified atom stereocenters. The first-order chi connectivity index (χ1) is 15.1. The van der Waals surface area contributed by atoms with E-state index in [4.69, 9.17) is 0 Å². The number of alkyl halides is 3. The van der Waals surface area contributed by atoms with Gasteiger partial charge in [-0.25, -0.2) is 8.78 Å². The standard InChI is InChI=1S/C20H19F5N6O/c1-11(14-3-2-13(21)10-15(14)22)26-18(32)12-6-8-30(9-7-12)17-5-4-16-27-28-19(20(23,24)25)31(16)29-17/h2-5,10-12H,6-9H2,1H3,(H,26,32)/t11-/m0/s1. The second-order valence-electron chi connectivity index (χ2n) is 7.64. The summed E-state index contributed by atoms with van der Waals surface area (Å²) >= 11 is 0. The smallest absolute Gasteiger partial charge is 0.355 e. The molecule has 170 valence electrons. The second kappa shape index (κ2) is 8.32. The predicted molar refractivity (Wildman–Crippen MR) is 104 cm³/mol.